The van der Waals surface area contributed by atoms with Crippen molar-refractivity contribution in [2.45, 2.75) is 42.8 Å². The number of halogens is 2. The van der Waals surface area contributed by atoms with Crippen molar-refractivity contribution in [3.8, 4) is 0 Å². The van der Waals surface area contributed by atoms with Crippen molar-refractivity contribution in [3.05, 3.63) is 30.1 Å². The Morgan fingerprint density at radius 1 is 1.16 bits per heavy atom. The highest BCUT2D eigenvalue weighted by Gasteiger charge is 2.60. The number of amides is 1. The first kappa shape index (κ1) is 17.0. The number of esters is 1. The van der Waals surface area contributed by atoms with Gasteiger partial charge in [-0.15, -0.1) is 0 Å². The Morgan fingerprint density at radius 2 is 1.80 bits per heavy atom. The van der Waals surface area contributed by atoms with Gasteiger partial charge >= 0.3 is 5.97 Å². The standard InChI is InChI=1S/C19H21BrFNO3/c20-19-8-12-5-13(9-19)7-18(6-12,11-19)17(24)25-10-16(23)22-15-3-1-14(21)2-4-15/h1-4,12-13H,5-11H2,(H,22,23)/t12-,13+,18?,19?. The number of anilines is 1. The number of ether oxygens (including phenoxy) is 1. The lowest BCUT2D eigenvalue weighted by Gasteiger charge is -2.58. The molecule has 5 rings (SSSR count). The highest BCUT2D eigenvalue weighted by Crippen LogP contribution is 2.64. The van der Waals surface area contributed by atoms with E-state index < -0.39 is 11.3 Å². The molecule has 4 fully saturated rings. The number of hydrogen-bond donors (Lipinski definition) is 1. The molecule has 1 N–H and O–H groups in total. The van der Waals surface area contributed by atoms with Crippen LogP contribution >= 0.6 is 15.9 Å². The van der Waals surface area contributed by atoms with Gasteiger partial charge in [0, 0.05) is 10.0 Å². The molecule has 1 aromatic rings. The fourth-order valence-electron chi connectivity index (χ4n) is 5.40. The van der Waals surface area contributed by atoms with E-state index in [-0.39, 0.29) is 22.7 Å². The quantitative estimate of drug-likeness (QED) is 0.602. The summed E-state index contributed by atoms with van der Waals surface area (Å²) in [6, 6.07) is 5.49. The molecule has 0 aliphatic heterocycles. The van der Waals surface area contributed by atoms with Gasteiger partial charge in [-0.1, -0.05) is 15.9 Å². The smallest absolute Gasteiger partial charge is 0.312 e. The first-order chi connectivity index (χ1) is 11.9. The summed E-state index contributed by atoms with van der Waals surface area (Å²) in [5.41, 5.74) is 0.0562. The third-order valence-corrected chi connectivity index (χ3v) is 6.81. The highest BCUT2D eigenvalue weighted by molar-refractivity contribution is 9.10. The molecule has 4 bridgehead atoms. The molecule has 4 atom stereocenters. The fourth-order valence-corrected chi connectivity index (χ4v) is 6.86. The Hall–Kier alpha value is -1.43. The number of rotatable bonds is 4. The topological polar surface area (TPSA) is 55.4 Å². The van der Waals surface area contributed by atoms with E-state index in [1.165, 1.54) is 30.7 Å². The number of carbonyl (C=O) groups is 2. The summed E-state index contributed by atoms with van der Waals surface area (Å²) in [6.07, 6.45) is 6.08. The first-order valence-electron chi connectivity index (χ1n) is 8.77. The lowest BCUT2D eigenvalue weighted by atomic mass is 9.49. The SMILES string of the molecule is O=C(COC(=O)C12C[C@@H]3C[C@@H](CC(Br)(C3)C1)C2)Nc1ccc(F)cc1. The van der Waals surface area contributed by atoms with Gasteiger partial charge in [-0.2, -0.15) is 0 Å². The first-order valence-corrected chi connectivity index (χ1v) is 9.57. The van der Waals surface area contributed by atoms with Crippen LogP contribution in [0.25, 0.3) is 0 Å². The number of hydrogen-bond acceptors (Lipinski definition) is 3. The zero-order valence-electron chi connectivity index (χ0n) is 13.9. The molecule has 4 aliphatic rings. The number of alkyl halides is 1. The van der Waals surface area contributed by atoms with Crippen LogP contribution in [0.4, 0.5) is 10.1 Å². The summed E-state index contributed by atoms with van der Waals surface area (Å²) in [5.74, 6) is 0.162. The van der Waals surface area contributed by atoms with Gasteiger partial charge < -0.3 is 10.1 Å². The van der Waals surface area contributed by atoms with Crippen molar-refractivity contribution in [2.24, 2.45) is 17.3 Å². The Balaban J connectivity index is 1.36. The zero-order chi connectivity index (χ0) is 17.7. The molecule has 25 heavy (non-hydrogen) atoms. The third kappa shape index (κ3) is 3.33. The van der Waals surface area contributed by atoms with E-state index in [1.807, 2.05) is 0 Å². The van der Waals surface area contributed by atoms with E-state index >= 15 is 0 Å². The van der Waals surface area contributed by atoms with Crippen molar-refractivity contribution in [1.82, 2.24) is 0 Å². The minimum absolute atomic E-state index is 0.0759. The molecule has 6 heteroatoms. The molecule has 1 amide bonds. The van der Waals surface area contributed by atoms with Crippen LogP contribution in [-0.4, -0.2) is 22.8 Å². The summed E-state index contributed by atoms with van der Waals surface area (Å²) >= 11 is 3.87. The molecular formula is C19H21BrFNO3. The van der Waals surface area contributed by atoms with Crippen LogP contribution in [0, 0.1) is 23.1 Å². The van der Waals surface area contributed by atoms with Crippen LogP contribution in [0.15, 0.2) is 24.3 Å². The summed E-state index contributed by atoms with van der Waals surface area (Å²) in [6.45, 7) is -0.303. The molecule has 0 spiro atoms. The maximum atomic E-state index is 12.9. The van der Waals surface area contributed by atoms with Crippen molar-refractivity contribution < 1.29 is 18.7 Å². The van der Waals surface area contributed by atoms with Gasteiger partial charge in [0.05, 0.1) is 5.41 Å². The van der Waals surface area contributed by atoms with Gasteiger partial charge in [0.1, 0.15) is 5.82 Å². The Kier molecular flexibility index (Phi) is 4.13. The molecule has 4 saturated carbocycles. The second-order valence-corrected chi connectivity index (χ2v) is 9.71. The Bertz CT molecular complexity index is 691. The average molecular weight is 410 g/mol. The normalized spacial score (nSPS) is 35.4. The fraction of sp³-hybridized carbons (Fsp3) is 0.579. The highest BCUT2D eigenvalue weighted by atomic mass is 79.9. The van der Waals surface area contributed by atoms with E-state index in [4.69, 9.17) is 4.74 Å². The van der Waals surface area contributed by atoms with Gasteiger partial charge in [0.15, 0.2) is 6.61 Å². The second-order valence-electron chi connectivity index (χ2n) is 8.02. The Morgan fingerprint density at radius 3 is 2.40 bits per heavy atom. The molecule has 0 heterocycles. The zero-order valence-corrected chi connectivity index (χ0v) is 15.5. The number of nitrogens with one attached hydrogen (secondary N) is 1. The maximum absolute atomic E-state index is 12.9. The van der Waals surface area contributed by atoms with Gasteiger partial charge in [-0.05, 0) is 74.6 Å². The molecule has 0 radical (unpaired) electrons. The van der Waals surface area contributed by atoms with Crippen LogP contribution in [0.5, 0.6) is 0 Å². The predicted octanol–water partition coefficient (Wildman–Crippen LogP) is 4.04. The maximum Gasteiger partial charge on any atom is 0.312 e. The molecule has 4 nitrogen and oxygen atoms in total. The van der Waals surface area contributed by atoms with Crippen molar-refractivity contribution >= 4 is 33.5 Å². The summed E-state index contributed by atoms with van der Waals surface area (Å²) in [5, 5.41) is 2.61. The van der Waals surface area contributed by atoms with Crippen LogP contribution in [0.1, 0.15) is 38.5 Å². The number of carbonyl (C=O) groups excluding carboxylic acids is 2. The van der Waals surface area contributed by atoms with Gasteiger partial charge in [-0.25, -0.2) is 4.39 Å². The molecule has 2 unspecified atom stereocenters. The second kappa shape index (κ2) is 6.08. The van der Waals surface area contributed by atoms with Gasteiger partial charge in [0.25, 0.3) is 5.91 Å². The molecule has 1 aromatic carbocycles. The van der Waals surface area contributed by atoms with E-state index in [2.05, 4.69) is 21.2 Å². The van der Waals surface area contributed by atoms with Crippen molar-refractivity contribution in [3.63, 3.8) is 0 Å². The largest absolute Gasteiger partial charge is 0.455 e. The lowest BCUT2D eigenvalue weighted by molar-refractivity contribution is -0.170. The van der Waals surface area contributed by atoms with E-state index in [0.717, 1.165) is 32.1 Å². The van der Waals surface area contributed by atoms with Gasteiger partial charge in [0.2, 0.25) is 0 Å². The lowest BCUT2D eigenvalue weighted by Crippen LogP contribution is -2.56. The van der Waals surface area contributed by atoms with Crippen LogP contribution < -0.4 is 5.32 Å². The summed E-state index contributed by atoms with van der Waals surface area (Å²) in [4.78, 5) is 24.8. The minimum atomic E-state index is -0.427. The minimum Gasteiger partial charge on any atom is -0.455 e. The van der Waals surface area contributed by atoms with Crippen LogP contribution in [0.3, 0.4) is 0 Å². The monoisotopic (exact) mass is 409 g/mol. The average Bonchev–Trinajstić information content (AvgIpc) is 2.52. The number of benzene rings is 1. The van der Waals surface area contributed by atoms with E-state index in [0.29, 0.717) is 17.5 Å². The van der Waals surface area contributed by atoms with Crippen molar-refractivity contribution in [1.29, 1.82) is 0 Å². The summed E-state index contributed by atoms with van der Waals surface area (Å²) in [7, 11) is 0. The Labute approximate surface area is 154 Å². The molecular weight excluding hydrogens is 389 g/mol. The molecule has 4 aliphatic carbocycles. The predicted molar refractivity (Wildman–Crippen MR) is 94.8 cm³/mol. The molecule has 0 aromatic heterocycles. The summed E-state index contributed by atoms with van der Waals surface area (Å²) < 4.78 is 18.3. The molecule has 134 valence electrons. The van der Waals surface area contributed by atoms with E-state index in [1.54, 1.807) is 0 Å². The van der Waals surface area contributed by atoms with Gasteiger partial charge in [-0.3, -0.25) is 9.59 Å². The van der Waals surface area contributed by atoms with Crippen LogP contribution in [-0.2, 0) is 14.3 Å². The van der Waals surface area contributed by atoms with E-state index in [9.17, 15) is 14.0 Å². The third-order valence-electron chi connectivity index (χ3n) is 5.89. The van der Waals surface area contributed by atoms with Crippen molar-refractivity contribution in [2.75, 3.05) is 11.9 Å². The van der Waals surface area contributed by atoms with Crippen LogP contribution in [0.2, 0.25) is 0 Å². The molecule has 0 saturated heterocycles.